The molecule has 0 aliphatic heterocycles. The summed E-state index contributed by atoms with van der Waals surface area (Å²) >= 11 is 1.64. The Hall–Kier alpha value is -1.03. The quantitative estimate of drug-likeness (QED) is 0.557. The molecule has 12 heavy (non-hydrogen) atoms. The Bertz CT molecular complexity index is 271. The topological polar surface area (TPSA) is 41.2 Å². The number of carbonyl (C=O) groups is 1. The van der Waals surface area contributed by atoms with Gasteiger partial charge in [-0.15, -0.1) is 11.8 Å². The molecule has 0 aromatic carbocycles. The molecule has 0 aliphatic rings. The molecule has 3 nitrogen and oxygen atoms in total. The number of aromatic nitrogens is 1. The van der Waals surface area contributed by atoms with Crippen molar-refractivity contribution in [3.8, 4) is 0 Å². The molecule has 0 atom stereocenters. The van der Waals surface area contributed by atoms with Crippen molar-refractivity contribution in [1.29, 1.82) is 0 Å². The van der Waals surface area contributed by atoms with Crippen LogP contribution in [0.5, 0.6) is 0 Å². The first-order valence-corrected chi connectivity index (χ1v) is 4.70. The van der Waals surface area contributed by atoms with Gasteiger partial charge in [0.15, 0.2) is 12.4 Å². The summed E-state index contributed by atoms with van der Waals surface area (Å²) in [7, 11) is 0. The van der Waals surface area contributed by atoms with Crippen molar-refractivity contribution >= 4 is 17.7 Å². The molecule has 0 saturated carbocycles. The highest BCUT2D eigenvalue weighted by Gasteiger charge is 2.05. The first-order valence-electron chi connectivity index (χ1n) is 3.47. The zero-order chi connectivity index (χ0) is 8.97. The second kappa shape index (κ2) is 4.11. The van der Waals surface area contributed by atoms with Crippen LogP contribution in [0.4, 0.5) is 0 Å². The van der Waals surface area contributed by atoms with Gasteiger partial charge in [0.05, 0.1) is 0 Å². The van der Waals surface area contributed by atoms with Gasteiger partial charge in [-0.05, 0) is 6.26 Å². The van der Waals surface area contributed by atoms with E-state index in [1.54, 1.807) is 28.7 Å². The normalized spacial score (nSPS) is 9.75. The lowest BCUT2D eigenvalue weighted by molar-refractivity contribution is -0.686. The maximum atomic E-state index is 10.3. The van der Waals surface area contributed by atoms with E-state index >= 15 is 0 Å². The van der Waals surface area contributed by atoms with E-state index in [1.807, 2.05) is 18.4 Å². The molecule has 1 aromatic heterocycles. The number of rotatable bonds is 3. The van der Waals surface area contributed by atoms with Crippen molar-refractivity contribution in [2.24, 2.45) is 0 Å². The average Bonchev–Trinajstić information content (AvgIpc) is 2.05. The molecule has 0 unspecified atom stereocenters. The number of carboxylic acid groups (broad SMARTS) is 1. The maximum Gasteiger partial charge on any atom is 0.370 e. The van der Waals surface area contributed by atoms with Crippen molar-refractivity contribution in [1.82, 2.24) is 0 Å². The van der Waals surface area contributed by atoms with E-state index in [1.165, 1.54) is 0 Å². The first-order chi connectivity index (χ1) is 5.72. The highest BCUT2D eigenvalue weighted by molar-refractivity contribution is 7.98. The highest BCUT2D eigenvalue weighted by atomic mass is 32.2. The minimum atomic E-state index is -0.822. The van der Waals surface area contributed by atoms with Gasteiger partial charge in [0.25, 0.3) is 0 Å². The van der Waals surface area contributed by atoms with Crippen LogP contribution in [0.3, 0.4) is 0 Å². The molecular formula is C8H10NO2S+. The van der Waals surface area contributed by atoms with Gasteiger partial charge in [-0.1, -0.05) is 0 Å². The number of nitrogens with zero attached hydrogens (tertiary/aromatic N) is 1. The second-order valence-electron chi connectivity index (χ2n) is 2.30. The van der Waals surface area contributed by atoms with Gasteiger partial charge < -0.3 is 5.11 Å². The van der Waals surface area contributed by atoms with E-state index in [-0.39, 0.29) is 6.54 Å². The fraction of sp³-hybridized carbons (Fsp3) is 0.250. The van der Waals surface area contributed by atoms with Crippen LogP contribution in [-0.4, -0.2) is 17.3 Å². The average molecular weight is 184 g/mol. The Labute approximate surface area is 75.0 Å². The number of aliphatic carboxylic acids is 1. The molecule has 0 spiro atoms. The van der Waals surface area contributed by atoms with Crippen LogP contribution in [0.1, 0.15) is 0 Å². The van der Waals surface area contributed by atoms with Crippen LogP contribution in [0.15, 0.2) is 29.4 Å². The van der Waals surface area contributed by atoms with Crippen LogP contribution < -0.4 is 4.57 Å². The van der Waals surface area contributed by atoms with Crippen LogP contribution in [0.2, 0.25) is 0 Å². The minimum absolute atomic E-state index is 0.0225. The number of hydrogen-bond acceptors (Lipinski definition) is 2. The van der Waals surface area contributed by atoms with Gasteiger partial charge in [0.1, 0.15) is 0 Å². The van der Waals surface area contributed by atoms with Crippen molar-refractivity contribution < 1.29 is 14.5 Å². The summed E-state index contributed by atoms with van der Waals surface area (Å²) in [4.78, 5) is 11.4. The lowest BCUT2D eigenvalue weighted by Gasteiger charge is -1.93. The van der Waals surface area contributed by atoms with Crippen molar-refractivity contribution in [2.75, 3.05) is 6.26 Å². The Balaban J connectivity index is 2.71. The summed E-state index contributed by atoms with van der Waals surface area (Å²) in [6, 6.07) is 3.79. The number of thioether (sulfide) groups is 1. The predicted octanol–water partition coefficient (Wildman–Crippen LogP) is 0.781. The van der Waals surface area contributed by atoms with Gasteiger partial charge in [-0.2, -0.15) is 4.57 Å². The molecule has 0 fully saturated rings. The third-order valence-corrected chi connectivity index (χ3v) is 2.16. The molecule has 1 N–H and O–H groups in total. The molecule has 4 heteroatoms. The molecule has 0 saturated heterocycles. The third kappa shape index (κ3) is 2.54. The Morgan fingerprint density at radius 2 is 2.17 bits per heavy atom. The molecule has 0 amide bonds. The van der Waals surface area contributed by atoms with Gasteiger partial charge in [-0.25, -0.2) is 4.79 Å². The molecule has 1 heterocycles. The van der Waals surface area contributed by atoms with E-state index in [0.29, 0.717) is 0 Å². The van der Waals surface area contributed by atoms with Gasteiger partial charge >= 0.3 is 5.97 Å². The number of carboxylic acids is 1. The molecule has 0 bridgehead atoms. The Morgan fingerprint density at radius 3 is 2.58 bits per heavy atom. The van der Waals surface area contributed by atoms with Crippen molar-refractivity contribution in [3.05, 3.63) is 24.5 Å². The van der Waals surface area contributed by atoms with Gasteiger partial charge in [0, 0.05) is 17.0 Å². The van der Waals surface area contributed by atoms with E-state index in [4.69, 9.17) is 5.11 Å². The monoisotopic (exact) mass is 184 g/mol. The second-order valence-corrected chi connectivity index (χ2v) is 3.18. The van der Waals surface area contributed by atoms with Crippen LogP contribution in [-0.2, 0) is 11.3 Å². The SMILES string of the molecule is CSc1cc[n+](CC(=O)O)cc1. The summed E-state index contributed by atoms with van der Waals surface area (Å²) in [5.41, 5.74) is 0. The molecule has 0 aliphatic carbocycles. The smallest absolute Gasteiger partial charge is 0.370 e. The predicted molar refractivity (Wildman–Crippen MR) is 46.1 cm³/mol. The Morgan fingerprint density at radius 1 is 1.58 bits per heavy atom. The molecule has 0 radical (unpaired) electrons. The minimum Gasteiger partial charge on any atom is -0.477 e. The zero-order valence-electron chi connectivity index (χ0n) is 6.73. The number of pyridine rings is 1. The lowest BCUT2D eigenvalue weighted by atomic mass is 10.5. The van der Waals surface area contributed by atoms with Gasteiger partial charge in [-0.3, -0.25) is 0 Å². The summed E-state index contributed by atoms with van der Waals surface area (Å²) < 4.78 is 1.63. The standard InChI is InChI=1S/C8H9NO2S/c1-12-7-2-4-9(5-3-7)6-8(10)11/h2-5H,6H2,1H3/p+1. The summed E-state index contributed by atoms with van der Waals surface area (Å²) in [6.07, 6.45) is 5.51. The largest absolute Gasteiger partial charge is 0.477 e. The van der Waals surface area contributed by atoms with Crippen LogP contribution >= 0.6 is 11.8 Å². The lowest BCUT2D eigenvalue weighted by Crippen LogP contribution is -2.36. The first kappa shape index (κ1) is 9.06. The fourth-order valence-electron chi connectivity index (χ4n) is 0.841. The summed E-state index contributed by atoms with van der Waals surface area (Å²) in [5, 5.41) is 8.47. The molecule has 1 aromatic rings. The number of hydrogen-bond donors (Lipinski definition) is 1. The van der Waals surface area contributed by atoms with Gasteiger partial charge in [0.2, 0.25) is 6.54 Å². The van der Waals surface area contributed by atoms with E-state index in [9.17, 15) is 4.79 Å². The highest BCUT2D eigenvalue weighted by Crippen LogP contribution is 2.10. The van der Waals surface area contributed by atoms with Crippen LogP contribution in [0, 0.1) is 0 Å². The fourth-order valence-corrected chi connectivity index (χ4v) is 1.24. The third-order valence-electron chi connectivity index (χ3n) is 1.41. The van der Waals surface area contributed by atoms with E-state index in [2.05, 4.69) is 0 Å². The Kier molecular flexibility index (Phi) is 3.10. The molecule has 1 rings (SSSR count). The molecular weight excluding hydrogens is 174 g/mol. The van der Waals surface area contributed by atoms with Crippen molar-refractivity contribution in [2.45, 2.75) is 11.4 Å². The van der Waals surface area contributed by atoms with E-state index in [0.717, 1.165) is 4.90 Å². The maximum absolute atomic E-state index is 10.3. The molecule has 64 valence electrons. The summed E-state index contributed by atoms with van der Waals surface area (Å²) in [5.74, 6) is -0.822. The zero-order valence-corrected chi connectivity index (χ0v) is 7.54. The summed E-state index contributed by atoms with van der Waals surface area (Å²) in [6.45, 7) is 0.0225. The van der Waals surface area contributed by atoms with Crippen LogP contribution in [0.25, 0.3) is 0 Å². The van der Waals surface area contributed by atoms with E-state index < -0.39 is 5.97 Å². The van der Waals surface area contributed by atoms with Crippen molar-refractivity contribution in [3.63, 3.8) is 0 Å².